The molecule has 0 spiro atoms. The van der Waals surface area contributed by atoms with Crippen LogP contribution in [0.5, 0.6) is 6.01 Å². The Hall–Kier alpha value is -0.640. The lowest BCUT2D eigenvalue weighted by molar-refractivity contribution is 0.278. The van der Waals surface area contributed by atoms with Crippen LogP contribution < -0.4 is 4.74 Å². The summed E-state index contributed by atoms with van der Waals surface area (Å²) in [6.45, 7) is 0. The van der Waals surface area contributed by atoms with Gasteiger partial charge in [0.25, 0.3) is 0 Å². The maximum absolute atomic E-state index is 5.34. The van der Waals surface area contributed by atoms with E-state index in [9.17, 15) is 0 Å². The Kier molecular flexibility index (Phi) is 1.77. The highest BCUT2D eigenvalue weighted by Crippen LogP contribution is 2.24. The Balaban J connectivity index is 2.06. The first-order chi connectivity index (χ1) is 5.34. The molecular formula is C7H7BrN2O. The molecule has 0 amide bonds. The lowest BCUT2D eigenvalue weighted by atomic mass is 10.7. The lowest BCUT2D eigenvalue weighted by Gasteiger charge is -1.99. The van der Waals surface area contributed by atoms with Gasteiger partial charge in [-0.25, -0.2) is 9.97 Å². The second-order valence-electron chi connectivity index (χ2n) is 2.50. The first kappa shape index (κ1) is 7.03. The zero-order valence-electron chi connectivity index (χ0n) is 5.83. The van der Waals surface area contributed by atoms with Gasteiger partial charge in [0.15, 0.2) is 0 Å². The zero-order chi connectivity index (χ0) is 7.68. The molecule has 0 unspecified atom stereocenters. The van der Waals surface area contributed by atoms with Crippen molar-refractivity contribution < 1.29 is 4.74 Å². The summed E-state index contributed by atoms with van der Waals surface area (Å²) in [5.74, 6) is 0. The quantitative estimate of drug-likeness (QED) is 0.754. The molecule has 0 N–H and O–H groups in total. The molecule has 1 heterocycles. The highest BCUT2D eigenvalue weighted by atomic mass is 79.9. The maximum Gasteiger partial charge on any atom is 0.316 e. The van der Waals surface area contributed by atoms with Crippen LogP contribution in [0.25, 0.3) is 0 Å². The summed E-state index contributed by atoms with van der Waals surface area (Å²) in [5.41, 5.74) is 0. The van der Waals surface area contributed by atoms with Crippen molar-refractivity contribution in [2.24, 2.45) is 0 Å². The molecule has 4 heteroatoms. The van der Waals surface area contributed by atoms with Gasteiger partial charge in [0.2, 0.25) is 0 Å². The molecule has 2 rings (SSSR count). The smallest absolute Gasteiger partial charge is 0.316 e. The van der Waals surface area contributed by atoms with E-state index < -0.39 is 0 Å². The van der Waals surface area contributed by atoms with Crippen molar-refractivity contribution >= 4 is 15.9 Å². The molecular weight excluding hydrogens is 208 g/mol. The largest absolute Gasteiger partial charge is 0.460 e. The standard InChI is InChI=1S/C7H7BrN2O/c8-5-3-9-7(10-4-5)11-6-1-2-6/h3-4,6H,1-2H2. The van der Waals surface area contributed by atoms with E-state index in [0.717, 1.165) is 17.3 Å². The average Bonchev–Trinajstić information content (AvgIpc) is 2.78. The van der Waals surface area contributed by atoms with Crippen molar-refractivity contribution in [2.45, 2.75) is 18.9 Å². The van der Waals surface area contributed by atoms with Gasteiger partial charge in [-0.3, -0.25) is 0 Å². The van der Waals surface area contributed by atoms with E-state index in [1.54, 1.807) is 12.4 Å². The van der Waals surface area contributed by atoms with Crippen molar-refractivity contribution in [2.75, 3.05) is 0 Å². The fourth-order valence-corrected chi connectivity index (χ4v) is 0.901. The Bertz CT molecular complexity index is 245. The molecule has 1 aliphatic rings. The summed E-state index contributed by atoms with van der Waals surface area (Å²) in [4.78, 5) is 7.96. The van der Waals surface area contributed by atoms with Crippen molar-refractivity contribution in [1.29, 1.82) is 0 Å². The number of hydrogen-bond donors (Lipinski definition) is 0. The Morgan fingerprint density at radius 1 is 1.36 bits per heavy atom. The Morgan fingerprint density at radius 2 is 2.00 bits per heavy atom. The van der Waals surface area contributed by atoms with Gasteiger partial charge in [0.05, 0.1) is 4.47 Å². The molecule has 0 atom stereocenters. The molecule has 1 saturated carbocycles. The summed E-state index contributed by atoms with van der Waals surface area (Å²) in [7, 11) is 0. The van der Waals surface area contributed by atoms with Gasteiger partial charge in [-0.05, 0) is 28.8 Å². The lowest BCUT2D eigenvalue weighted by Crippen LogP contribution is -1.99. The van der Waals surface area contributed by atoms with Crippen LogP contribution in [-0.4, -0.2) is 16.1 Å². The highest BCUT2D eigenvalue weighted by Gasteiger charge is 2.24. The summed E-state index contributed by atoms with van der Waals surface area (Å²) in [6, 6.07) is 0.482. The van der Waals surface area contributed by atoms with Gasteiger partial charge in [-0.1, -0.05) is 0 Å². The number of hydrogen-bond acceptors (Lipinski definition) is 3. The third kappa shape index (κ3) is 1.89. The van der Waals surface area contributed by atoms with E-state index >= 15 is 0 Å². The second kappa shape index (κ2) is 2.77. The topological polar surface area (TPSA) is 35.0 Å². The number of halogens is 1. The monoisotopic (exact) mass is 214 g/mol. The third-order valence-electron chi connectivity index (χ3n) is 1.39. The first-order valence-corrected chi connectivity index (χ1v) is 4.28. The van der Waals surface area contributed by atoms with Crippen LogP contribution in [0.3, 0.4) is 0 Å². The Morgan fingerprint density at radius 3 is 2.55 bits per heavy atom. The summed E-state index contributed by atoms with van der Waals surface area (Å²) >= 11 is 3.25. The second-order valence-corrected chi connectivity index (χ2v) is 3.42. The van der Waals surface area contributed by atoms with Crippen molar-refractivity contribution in [3.63, 3.8) is 0 Å². The fraction of sp³-hybridized carbons (Fsp3) is 0.429. The van der Waals surface area contributed by atoms with Crippen LogP contribution >= 0.6 is 15.9 Å². The van der Waals surface area contributed by atoms with E-state index in [2.05, 4.69) is 25.9 Å². The minimum Gasteiger partial charge on any atom is -0.460 e. The van der Waals surface area contributed by atoms with Gasteiger partial charge in [0, 0.05) is 12.4 Å². The van der Waals surface area contributed by atoms with Crippen LogP contribution in [-0.2, 0) is 0 Å². The maximum atomic E-state index is 5.34. The SMILES string of the molecule is Brc1cnc(OC2CC2)nc1. The third-order valence-corrected chi connectivity index (χ3v) is 1.80. The molecule has 1 aliphatic carbocycles. The van der Waals surface area contributed by atoms with Crippen molar-refractivity contribution in [1.82, 2.24) is 9.97 Å². The minimum atomic E-state index is 0.371. The van der Waals surface area contributed by atoms with Crippen LogP contribution in [0.1, 0.15) is 12.8 Å². The molecule has 0 aromatic carbocycles. The zero-order valence-corrected chi connectivity index (χ0v) is 7.41. The molecule has 3 nitrogen and oxygen atoms in total. The fourth-order valence-electron chi connectivity index (χ4n) is 0.696. The molecule has 1 aromatic rings. The molecule has 0 aliphatic heterocycles. The molecule has 0 bridgehead atoms. The van der Waals surface area contributed by atoms with Crippen LogP contribution in [0, 0.1) is 0 Å². The van der Waals surface area contributed by atoms with Crippen LogP contribution in [0.4, 0.5) is 0 Å². The normalized spacial score (nSPS) is 16.5. The summed E-state index contributed by atoms with van der Waals surface area (Å²) in [6.07, 6.45) is 6.02. The number of rotatable bonds is 2. The van der Waals surface area contributed by atoms with Crippen LogP contribution in [0.2, 0.25) is 0 Å². The number of ether oxygens (including phenoxy) is 1. The predicted molar refractivity (Wildman–Crippen MR) is 43.4 cm³/mol. The van der Waals surface area contributed by atoms with E-state index in [1.165, 1.54) is 0 Å². The van der Waals surface area contributed by atoms with E-state index in [-0.39, 0.29) is 0 Å². The molecule has 11 heavy (non-hydrogen) atoms. The van der Waals surface area contributed by atoms with Crippen molar-refractivity contribution in [3.8, 4) is 6.01 Å². The van der Waals surface area contributed by atoms with Crippen molar-refractivity contribution in [3.05, 3.63) is 16.9 Å². The molecule has 0 radical (unpaired) electrons. The summed E-state index contributed by atoms with van der Waals surface area (Å²) < 4.78 is 6.21. The van der Waals surface area contributed by atoms with Crippen LogP contribution in [0.15, 0.2) is 16.9 Å². The van der Waals surface area contributed by atoms with E-state index in [1.807, 2.05) is 0 Å². The van der Waals surface area contributed by atoms with Gasteiger partial charge in [-0.15, -0.1) is 0 Å². The van der Waals surface area contributed by atoms with Gasteiger partial charge >= 0.3 is 6.01 Å². The average molecular weight is 215 g/mol. The molecule has 1 fully saturated rings. The molecule has 58 valence electrons. The van der Waals surface area contributed by atoms with Gasteiger partial charge in [-0.2, -0.15) is 0 Å². The number of aromatic nitrogens is 2. The minimum absolute atomic E-state index is 0.371. The highest BCUT2D eigenvalue weighted by molar-refractivity contribution is 9.10. The molecule has 0 saturated heterocycles. The molecule has 1 aromatic heterocycles. The Labute approximate surface area is 72.9 Å². The summed E-state index contributed by atoms with van der Waals surface area (Å²) in [5, 5.41) is 0. The van der Waals surface area contributed by atoms with E-state index in [4.69, 9.17) is 4.74 Å². The number of nitrogens with zero attached hydrogens (tertiary/aromatic N) is 2. The first-order valence-electron chi connectivity index (χ1n) is 3.49. The van der Waals surface area contributed by atoms with Gasteiger partial charge in [0.1, 0.15) is 6.10 Å². The van der Waals surface area contributed by atoms with Gasteiger partial charge < -0.3 is 4.74 Å². The van der Waals surface area contributed by atoms with E-state index in [0.29, 0.717) is 12.1 Å². The predicted octanol–water partition coefficient (Wildman–Crippen LogP) is 1.78.